The number of hydrogen-bond acceptors (Lipinski definition) is 4. The lowest BCUT2D eigenvalue weighted by molar-refractivity contribution is -0.156. The molecule has 0 aromatic rings. The van der Waals surface area contributed by atoms with E-state index in [-0.39, 0.29) is 24.4 Å². The third kappa shape index (κ3) is 6.50. The van der Waals surface area contributed by atoms with Crippen LogP contribution in [0, 0.1) is 5.92 Å². The fourth-order valence-electron chi connectivity index (χ4n) is 2.25. The second kappa shape index (κ2) is 6.71. The van der Waals surface area contributed by atoms with Crippen molar-refractivity contribution in [3.63, 3.8) is 0 Å². The number of carbonyl (C=O) groups excluding carboxylic acids is 2. The molecule has 22 heavy (non-hydrogen) atoms. The molecule has 1 rings (SSSR count). The van der Waals surface area contributed by atoms with Crippen LogP contribution in [-0.2, 0) is 14.3 Å². The van der Waals surface area contributed by atoms with E-state index in [2.05, 4.69) is 6.58 Å². The zero-order valence-corrected chi connectivity index (χ0v) is 14.7. The second-order valence-electron chi connectivity index (χ2n) is 7.82. The van der Waals surface area contributed by atoms with Gasteiger partial charge in [0.15, 0.2) is 0 Å². The number of amides is 1. The summed E-state index contributed by atoms with van der Waals surface area (Å²) in [4.78, 5) is 25.8. The maximum absolute atomic E-state index is 12.1. The zero-order valence-electron chi connectivity index (χ0n) is 14.7. The van der Waals surface area contributed by atoms with Gasteiger partial charge in [0.25, 0.3) is 0 Å². The van der Waals surface area contributed by atoms with E-state index in [1.54, 1.807) is 4.90 Å². The zero-order chi connectivity index (χ0) is 17.1. The Bertz CT molecular complexity index is 443. The van der Waals surface area contributed by atoms with Crippen molar-refractivity contribution in [2.45, 2.75) is 65.6 Å². The smallest absolute Gasteiger partial charge is 0.410 e. The highest BCUT2D eigenvalue weighted by molar-refractivity contribution is 5.71. The molecular formula is C17H29NO4. The van der Waals surface area contributed by atoms with E-state index in [1.165, 1.54) is 0 Å². The first-order chi connectivity index (χ1) is 9.87. The lowest BCUT2D eigenvalue weighted by Gasteiger charge is -2.35. The third-order valence-electron chi connectivity index (χ3n) is 3.21. The summed E-state index contributed by atoms with van der Waals surface area (Å²) in [5.74, 6) is -0.333. The van der Waals surface area contributed by atoms with E-state index < -0.39 is 11.2 Å². The molecule has 1 saturated heterocycles. The molecule has 126 valence electrons. The summed E-state index contributed by atoms with van der Waals surface area (Å²) in [6.45, 7) is 16.1. The van der Waals surface area contributed by atoms with Gasteiger partial charge < -0.3 is 14.4 Å². The molecule has 0 aliphatic carbocycles. The third-order valence-corrected chi connectivity index (χ3v) is 3.21. The Morgan fingerprint density at radius 1 is 1.14 bits per heavy atom. The molecule has 1 heterocycles. The number of carbonyl (C=O) groups is 2. The second-order valence-corrected chi connectivity index (χ2v) is 7.82. The highest BCUT2D eigenvalue weighted by Crippen LogP contribution is 2.26. The number of likely N-dealkylation sites (tertiary alicyclic amines) is 1. The predicted molar refractivity (Wildman–Crippen MR) is 85.5 cm³/mol. The Labute approximate surface area is 133 Å². The average molecular weight is 311 g/mol. The van der Waals surface area contributed by atoms with Crippen LogP contribution in [0.3, 0.4) is 0 Å². The van der Waals surface area contributed by atoms with Gasteiger partial charge in [-0.1, -0.05) is 12.2 Å². The van der Waals surface area contributed by atoms with Crippen LogP contribution in [0.25, 0.3) is 0 Å². The molecule has 0 aromatic carbocycles. The standard InChI is InChI=1S/C17H29NO4/c1-12-8-9-18(15(20)22-17(5,6)7)11-13(12)10-14(19)21-16(2,3)4/h13H,1,8-11H2,2-7H3. The summed E-state index contributed by atoms with van der Waals surface area (Å²) in [5.41, 5.74) is -0.0323. The number of ether oxygens (including phenoxy) is 2. The van der Waals surface area contributed by atoms with Crippen LogP contribution in [0.5, 0.6) is 0 Å². The molecule has 1 aliphatic rings. The van der Waals surface area contributed by atoms with Gasteiger partial charge in [0.2, 0.25) is 0 Å². The van der Waals surface area contributed by atoms with Gasteiger partial charge in [-0.25, -0.2) is 4.79 Å². The molecule has 1 atom stereocenters. The van der Waals surface area contributed by atoms with Crippen molar-refractivity contribution in [3.8, 4) is 0 Å². The van der Waals surface area contributed by atoms with Gasteiger partial charge in [0.1, 0.15) is 11.2 Å². The summed E-state index contributed by atoms with van der Waals surface area (Å²) in [6, 6.07) is 0. The molecule has 1 aliphatic heterocycles. The normalized spacial score (nSPS) is 19.8. The summed E-state index contributed by atoms with van der Waals surface area (Å²) >= 11 is 0. The molecule has 0 saturated carbocycles. The molecular weight excluding hydrogens is 282 g/mol. The number of esters is 1. The summed E-state index contributed by atoms with van der Waals surface area (Å²) in [5, 5.41) is 0. The van der Waals surface area contributed by atoms with Crippen LogP contribution in [0.15, 0.2) is 12.2 Å². The van der Waals surface area contributed by atoms with Crippen molar-refractivity contribution >= 4 is 12.1 Å². The lowest BCUT2D eigenvalue weighted by Crippen LogP contribution is -2.44. The predicted octanol–water partition coefficient (Wildman–Crippen LogP) is 3.53. The highest BCUT2D eigenvalue weighted by atomic mass is 16.6. The minimum Gasteiger partial charge on any atom is -0.460 e. The van der Waals surface area contributed by atoms with Crippen LogP contribution in [0.2, 0.25) is 0 Å². The Balaban J connectivity index is 2.62. The average Bonchev–Trinajstić information content (AvgIpc) is 2.27. The largest absolute Gasteiger partial charge is 0.460 e. The van der Waals surface area contributed by atoms with Gasteiger partial charge in [-0.2, -0.15) is 0 Å². The number of rotatable bonds is 2. The van der Waals surface area contributed by atoms with Gasteiger partial charge in [-0.15, -0.1) is 0 Å². The van der Waals surface area contributed by atoms with E-state index in [4.69, 9.17) is 9.47 Å². The van der Waals surface area contributed by atoms with Gasteiger partial charge in [-0.3, -0.25) is 4.79 Å². The Kier molecular flexibility index (Phi) is 5.65. The monoisotopic (exact) mass is 311 g/mol. The summed E-state index contributed by atoms with van der Waals surface area (Å²) in [7, 11) is 0. The number of hydrogen-bond donors (Lipinski definition) is 0. The van der Waals surface area contributed by atoms with E-state index in [0.717, 1.165) is 5.57 Å². The molecule has 0 spiro atoms. The first kappa shape index (κ1) is 18.5. The molecule has 0 radical (unpaired) electrons. The maximum Gasteiger partial charge on any atom is 0.410 e. The van der Waals surface area contributed by atoms with Crippen molar-refractivity contribution in [2.24, 2.45) is 5.92 Å². The Hall–Kier alpha value is -1.52. The minimum absolute atomic E-state index is 0.0730. The van der Waals surface area contributed by atoms with E-state index >= 15 is 0 Å². The van der Waals surface area contributed by atoms with Crippen LogP contribution >= 0.6 is 0 Å². The quantitative estimate of drug-likeness (QED) is 0.578. The van der Waals surface area contributed by atoms with Gasteiger partial charge >= 0.3 is 12.1 Å². The molecule has 1 fully saturated rings. The molecule has 5 nitrogen and oxygen atoms in total. The summed E-state index contributed by atoms with van der Waals surface area (Å²) in [6.07, 6.45) is 0.594. The maximum atomic E-state index is 12.1. The summed E-state index contributed by atoms with van der Waals surface area (Å²) < 4.78 is 10.7. The van der Waals surface area contributed by atoms with Gasteiger partial charge in [-0.05, 0) is 48.0 Å². The van der Waals surface area contributed by atoms with Crippen LogP contribution < -0.4 is 0 Å². The fourth-order valence-corrected chi connectivity index (χ4v) is 2.25. The van der Waals surface area contributed by atoms with Crippen molar-refractivity contribution in [1.82, 2.24) is 4.90 Å². The topological polar surface area (TPSA) is 55.8 Å². The molecule has 1 amide bonds. The highest BCUT2D eigenvalue weighted by Gasteiger charge is 2.31. The number of piperidine rings is 1. The van der Waals surface area contributed by atoms with Crippen molar-refractivity contribution in [3.05, 3.63) is 12.2 Å². The van der Waals surface area contributed by atoms with E-state index in [9.17, 15) is 9.59 Å². The molecule has 0 aromatic heterocycles. The van der Waals surface area contributed by atoms with Crippen LogP contribution in [-0.4, -0.2) is 41.3 Å². The van der Waals surface area contributed by atoms with Crippen LogP contribution in [0.4, 0.5) is 4.79 Å². The molecule has 0 N–H and O–H groups in total. The molecule has 0 bridgehead atoms. The van der Waals surface area contributed by atoms with E-state index in [0.29, 0.717) is 19.5 Å². The first-order valence-electron chi connectivity index (χ1n) is 7.75. The fraction of sp³-hybridized carbons (Fsp3) is 0.765. The lowest BCUT2D eigenvalue weighted by atomic mass is 9.90. The van der Waals surface area contributed by atoms with Crippen molar-refractivity contribution in [2.75, 3.05) is 13.1 Å². The van der Waals surface area contributed by atoms with Crippen LogP contribution in [0.1, 0.15) is 54.4 Å². The van der Waals surface area contributed by atoms with Crippen molar-refractivity contribution in [1.29, 1.82) is 0 Å². The SMILES string of the molecule is C=C1CCN(C(=O)OC(C)(C)C)CC1CC(=O)OC(C)(C)C. The Morgan fingerprint density at radius 2 is 1.68 bits per heavy atom. The van der Waals surface area contributed by atoms with Gasteiger partial charge in [0.05, 0.1) is 6.42 Å². The Morgan fingerprint density at radius 3 is 2.18 bits per heavy atom. The minimum atomic E-state index is -0.522. The first-order valence-corrected chi connectivity index (χ1v) is 7.75. The molecule has 1 unspecified atom stereocenters. The molecule has 5 heteroatoms. The van der Waals surface area contributed by atoms with Crippen molar-refractivity contribution < 1.29 is 19.1 Å². The van der Waals surface area contributed by atoms with E-state index in [1.807, 2.05) is 41.5 Å². The number of nitrogens with zero attached hydrogens (tertiary/aromatic N) is 1. The van der Waals surface area contributed by atoms with Gasteiger partial charge in [0, 0.05) is 19.0 Å².